The van der Waals surface area contributed by atoms with Crippen LogP contribution in [0.1, 0.15) is 16.1 Å². The summed E-state index contributed by atoms with van der Waals surface area (Å²) in [6.45, 7) is 5.49. The molecule has 1 amide bonds. The molecule has 0 atom stereocenters. The van der Waals surface area contributed by atoms with E-state index in [1.807, 2.05) is 24.3 Å². The molecule has 1 aliphatic heterocycles. The van der Waals surface area contributed by atoms with Gasteiger partial charge in [0.05, 0.1) is 28.5 Å². The molecular formula is C21H23Cl2N3O3S. The van der Waals surface area contributed by atoms with E-state index in [1.165, 1.54) is 11.3 Å². The van der Waals surface area contributed by atoms with Gasteiger partial charge < -0.3 is 19.8 Å². The molecule has 0 saturated carbocycles. The van der Waals surface area contributed by atoms with Crippen LogP contribution in [0.15, 0.2) is 30.3 Å². The summed E-state index contributed by atoms with van der Waals surface area (Å²) in [6, 6.07) is 9.73. The van der Waals surface area contributed by atoms with Crippen molar-refractivity contribution < 1.29 is 14.3 Å². The van der Waals surface area contributed by atoms with Crippen LogP contribution in [0.3, 0.4) is 0 Å². The average molecular weight is 468 g/mol. The maximum atomic E-state index is 12.5. The fourth-order valence-corrected chi connectivity index (χ4v) is 4.89. The number of amides is 1. The molecule has 0 bridgehead atoms. The topological polar surface area (TPSA) is 66.6 Å². The van der Waals surface area contributed by atoms with Crippen molar-refractivity contribution in [1.82, 2.24) is 15.2 Å². The summed E-state index contributed by atoms with van der Waals surface area (Å²) in [5.74, 6) is 0.693. The third kappa shape index (κ3) is 5.10. The van der Waals surface area contributed by atoms with Gasteiger partial charge >= 0.3 is 0 Å². The summed E-state index contributed by atoms with van der Waals surface area (Å²) in [5.41, 5.74) is 2.25. The van der Waals surface area contributed by atoms with Crippen LogP contribution in [0.25, 0.3) is 10.2 Å². The highest BCUT2D eigenvalue weighted by atomic mass is 35.5. The van der Waals surface area contributed by atoms with Gasteiger partial charge in [-0.1, -0.05) is 41.4 Å². The number of nitrogens with one attached hydrogen (secondary N) is 2. The molecule has 1 saturated heterocycles. The van der Waals surface area contributed by atoms with E-state index in [0.717, 1.165) is 48.9 Å². The Kier molecular flexibility index (Phi) is 7.17. The zero-order valence-corrected chi connectivity index (χ0v) is 18.7. The van der Waals surface area contributed by atoms with Crippen molar-refractivity contribution in [2.75, 3.05) is 46.0 Å². The maximum absolute atomic E-state index is 12.5. The van der Waals surface area contributed by atoms with E-state index in [9.17, 15) is 4.79 Å². The Bertz CT molecular complexity index is 1010. The molecular weight excluding hydrogens is 445 g/mol. The van der Waals surface area contributed by atoms with Gasteiger partial charge in [0.15, 0.2) is 0 Å². The van der Waals surface area contributed by atoms with Gasteiger partial charge in [-0.2, -0.15) is 0 Å². The van der Waals surface area contributed by atoms with Crippen LogP contribution >= 0.6 is 34.5 Å². The highest BCUT2D eigenvalue weighted by molar-refractivity contribution is 7.23. The predicted octanol–water partition coefficient (Wildman–Crippen LogP) is 4.22. The highest BCUT2D eigenvalue weighted by Gasteiger charge is 2.16. The first-order chi connectivity index (χ1) is 14.6. The van der Waals surface area contributed by atoms with Gasteiger partial charge in [-0.25, -0.2) is 0 Å². The van der Waals surface area contributed by atoms with Gasteiger partial charge in [0.1, 0.15) is 22.4 Å². The van der Waals surface area contributed by atoms with Crippen LogP contribution < -0.4 is 10.1 Å². The number of H-pyrrole nitrogens is 1. The van der Waals surface area contributed by atoms with E-state index in [0.29, 0.717) is 40.1 Å². The van der Waals surface area contributed by atoms with Crippen molar-refractivity contribution in [3.8, 4) is 5.75 Å². The number of para-hydroxylation sites is 1. The molecule has 1 fully saturated rings. The molecule has 0 radical (unpaired) electrons. The fourth-order valence-electron chi connectivity index (χ4n) is 3.41. The Morgan fingerprint density at radius 2 is 2.07 bits per heavy atom. The number of morpholine rings is 1. The number of benzene rings is 1. The van der Waals surface area contributed by atoms with Crippen LogP contribution in [0, 0.1) is 0 Å². The van der Waals surface area contributed by atoms with Crippen molar-refractivity contribution in [2.45, 2.75) is 6.42 Å². The van der Waals surface area contributed by atoms with E-state index in [-0.39, 0.29) is 5.91 Å². The van der Waals surface area contributed by atoms with Crippen LogP contribution in [0.4, 0.5) is 0 Å². The number of aromatic nitrogens is 1. The molecule has 9 heteroatoms. The Hall–Kier alpha value is -1.77. The lowest BCUT2D eigenvalue weighted by atomic mass is 10.1. The van der Waals surface area contributed by atoms with Gasteiger partial charge in [0, 0.05) is 26.2 Å². The molecule has 3 aromatic rings. The largest absolute Gasteiger partial charge is 0.492 e. The molecule has 160 valence electrons. The van der Waals surface area contributed by atoms with E-state index in [4.69, 9.17) is 32.7 Å². The molecule has 2 aromatic heterocycles. The van der Waals surface area contributed by atoms with Crippen molar-refractivity contribution in [3.05, 3.63) is 50.9 Å². The number of nitrogens with zero attached hydrogens (tertiary/aromatic N) is 1. The van der Waals surface area contributed by atoms with E-state index in [2.05, 4.69) is 15.2 Å². The van der Waals surface area contributed by atoms with Crippen molar-refractivity contribution in [1.29, 1.82) is 0 Å². The molecule has 0 spiro atoms. The average Bonchev–Trinajstić information content (AvgIpc) is 3.29. The molecule has 1 aromatic carbocycles. The third-order valence-electron chi connectivity index (χ3n) is 5.04. The lowest BCUT2D eigenvalue weighted by Gasteiger charge is -2.26. The maximum Gasteiger partial charge on any atom is 0.267 e. The molecule has 2 N–H and O–H groups in total. The van der Waals surface area contributed by atoms with E-state index >= 15 is 0 Å². The van der Waals surface area contributed by atoms with Crippen molar-refractivity contribution in [3.63, 3.8) is 0 Å². The molecule has 0 aliphatic carbocycles. The second-order valence-electron chi connectivity index (χ2n) is 7.03. The van der Waals surface area contributed by atoms with Gasteiger partial charge in [-0.3, -0.25) is 9.69 Å². The molecule has 3 heterocycles. The van der Waals surface area contributed by atoms with E-state index in [1.54, 1.807) is 6.07 Å². The number of rotatable bonds is 8. The minimum atomic E-state index is -0.170. The number of ether oxygens (including phenoxy) is 2. The Morgan fingerprint density at radius 1 is 1.27 bits per heavy atom. The summed E-state index contributed by atoms with van der Waals surface area (Å²) in [6.07, 6.45) is 0.682. The quantitative estimate of drug-likeness (QED) is 0.520. The number of hydrogen-bond acceptors (Lipinski definition) is 5. The standard InChI is InChI=1S/C21H23Cl2N3O3S/c22-18-19-17(30-20(18)23)13-15(25-19)21(27)24-6-5-14-3-1-2-4-16(14)29-12-9-26-7-10-28-11-8-26/h1-4,13,25H,5-12H2,(H,24,27). The Morgan fingerprint density at radius 3 is 2.87 bits per heavy atom. The first kappa shape index (κ1) is 21.5. The minimum Gasteiger partial charge on any atom is -0.492 e. The first-order valence-electron chi connectivity index (χ1n) is 9.87. The third-order valence-corrected chi connectivity index (χ3v) is 6.97. The number of hydrogen-bond donors (Lipinski definition) is 2. The molecule has 0 unspecified atom stereocenters. The highest BCUT2D eigenvalue weighted by Crippen LogP contribution is 2.38. The second-order valence-corrected chi connectivity index (χ2v) is 9.06. The number of carbonyl (C=O) groups excluding carboxylic acids is 1. The summed E-state index contributed by atoms with van der Waals surface area (Å²) >= 11 is 13.5. The number of thiophene rings is 1. The fraction of sp³-hybridized carbons (Fsp3) is 0.381. The zero-order valence-electron chi connectivity index (χ0n) is 16.4. The first-order valence-corrected chi connectivity index (χ1v) is 11.4. The van der Waals surface area contributed by atoms with Crippen LogP contribution in [0.5, 0.6) is 5.75 Å². The van der Waals surface area contributed by atoms with Crippen molar-refractivity contribution in [2.24, 2.45) is 0 Å². The molecule has 30 heavy (non-hydrogen) atoms. The lowest BCUT2D eigenvalue weighted by Crippen LogP contribution is -2.38. The second kappa shape index (κ2) is 10.0. The smallest absolute Gasteiger partial charge is 0.267 e. The molecule has 6 nitrogen and oxygen atoms in total. The van der Waals surface area contributed by atoms with Crippen molar-refractivity contribution >= 4 is 50.7 Å². The normalized spacial score (nSPS) is 14.9. The SMILES string of the molecule is O=C(NCCc1ccccc1OCCN1CCOCC1)c1cc2sc(Cl)c(Cl)c2[nH]1. The van der Waals surface area contributed by atoms with Crippen LogP contribution in [-0.2, 0) is 11.2 Å². The summed E-state index contributed by atoms with van der Waals surface area (Å²) in [4.78, 5) is 17.9. The van der Waals surface area contributed by atoms with Gasteiger partial charge in [0.2, 0.25) is 0 Å². The number of aromatic amines is 1. The Balaban J connectivity index is 1.28. The Labute approximate surface area is 189 Å². The van der Waals surface area contributed by atoms with Crippen LogP contribution in [-0.4, -0.2) is 61.8 Å². The summed E-state index contributed by atoms with van der Waals surface area (Å²) in [5, 5.41) is 3.41. The van der Waals surface area contributed by atoms with Gasteiger partial charge in [-0.15, -0.1) is 11.3 Å². The van der Waals surface area contributed by atoms with E-state index < -0.39 is 0 Å². The van der Waals surface area contributed by atoms with Gasteiger partial charge in [-0.05, 0) is 24.1 Å². The lowest BCUT2D eigenvalue weighted by molar-refractivity contribution is 0.0322. The van der Waals surface area contributed by atoms with Crippen LogP contribution in [0.2, 0.25) is 9.36 Å². The van der Waals surface area contributed by atoms with Gasteiger partial charge in [0.25, 0.3) is 5.91 Å². The summed E-state index contributed by atoms with van der Waals surface area (Å²) < 4.78 is 12.8. The number of carbonyl (C=O) groups is 1. The summed E-state index contributed by atoms with van der Waals surface area (Å²) in [7, 11) is 0. The number of fused-ring (bicyclic) bond motifs is 1. The zero-order chi connectivity index (χ0) is 20.9. The predicted molar refractivity (Wildman–Crippen MR) is 121 cm³/mol. The number of halogens is 2. The minimum absolute atomic E-state index is 0.170. The monoisotopic (exact) mass is 467 g/mol. The molecule has 1 aliphatic rings. The molecule has 4 rings (SSSR count).